The van der Waals surface area contributed by atoms with Gasteiger partial charge in [-0.05, 0) is 36.2 Å². The van der Waals surface area contributed by atoms with Gasteiger partial charge < -0.3 is 14.5 Å². The number of ether oxygens (including phenoxy) is 1. The number of nitrogens with zero attached hydrogens (tertiary/aromatic N) is 3. The number of nitrogens with one attached hydrogen (secondary N) is 1. The molecule has 1 amide bonds. The predicted octanol–water partition coefficient (Wildman–Crippen LogP) is 2.11. The minimum atomic E-state index is -0.402. The normalized spacial score (nSPS) is 10.4. The molecule has 2 aromatic heterocycles. The zero-order chi connectivity index (χ0) is 16.8. The van der Waals surface area contributed by atoms with E-state index in [1.165, 1.54) is 0 Å². The Morgan fingerprint density at radius 2 is 2.17 bits per heavy atom. The van der Waals surface area contributed by atoms with Gasteiger partial charge in [0.15, 0.2) is 0 Å². The smallest absolute Gasteiger partial charge is 0.308 e. The van der Waals surface area contributed by atoms with E-state index >= 15 is 0 Å². The summed E-state index contributed by atoms with van der Waals surface area (Å²) in [4.78, 5) is 16.0. The van der Waals surface area contributed by atoms with Crippen LogP contribution in [0.15, 0.2) is 53.2 Å². The number of rotatable bonds is 6. The summed E-state index contributed by atoms with van der Waals surface area (Å²) in [6.07, 6.45) is 3.91. The summed E-state index contributed by atoms with van der Waals surface area (Å²) >= 11 is 0. The van der Waals surface area contributed by atoms with E-state index in [-0.39, 0.29) is 11.8 Å². The van der Waals surface area contributed by atoms with Crippen LogP contribution in [-0.4, -0.2) is 34.7 Å². The number of carbonyl (C=O) groups excluding carboxylic acids is 1. The maximum Gasteiger partial charge on any atom is 0.308 e. The van der Waals surface area contributed by atoms with Gasteiger partial charge in [-0.1, -0.05) is 12.1 Å². The summed E-state index contributed by atoms with van der Waals surface area (Å²) in [6, 6.07) is 11.2. The number of methoxy groups -OCH3 is 1. The van der Waals surface area contributed by atoms with Crippen molar-refractivity contribution in [3.63, 3.8) is 0 Å². The first kappa shape index (κ1) is 15.7. The van der Waals surface area contributed by atoms with Crippen molar-refractivity contribution in [1.29, 1.82) is 0 Å². The lowest BCUT2D eigenvalue weighted by molar-refractivity contribution is 0.0920. The van der Waals surface area contributed by atoms with Crippen molar-refractivity contribution in [3.8, 4) is 17.2 Å². The van der Waals surface area contributed by atoms with Crippen LogP contribution >= 0.6 is 0 Å². The minimum Gasteiger partial charge on any atom is -0.497 e. The standard InChI is InChI=1S/C17H16N4O3/c1-23-14-6-2-4-12(10-14)7-9-19-15(22)17-21-20-16(24-17)13-5-3-8-18-11-13/h2-6,8,10-11H,7,9H2,1H3,(H,19,22). The van der Waals surface area contributed by atoms with E-state index in [1.54, 1.807) is 31.6 Å². The monoisotopic (exact) mass is 324 g/mol. The molecule has 122 valence electrons. The van der Waals surface area contributed by atoms with Crippen molar-refractivity contribution in [2.45, 2.75) is 6.42 Å². The van der Waals surface area contributed by atoms with Gasteiger partial charge in [-0.25, -0.2) is 0 Å². The molecule has 0 saturated carbocycles. The van der Waals surface area contributed by atoms with Crippen LogP contribution in [0.2, 0.25) is 0 Å². The number of pyridine rings is 1. The van der Waals surface area contributed by atoms with Crippen LogP contribution in [0.5, 0.6) is 5.75 Å². The summed E-state index contributed by atoms with van der Waals surface area (Å²) in [5.41, 5.74) is 1.73. The average Bonchev–Trinajstić information content (AvgIpc) is 3.13. The first-order chi connectivity index (χ1) is 11.8. The molecule has 3 aromatic rings. The summed E-state index contributed by atoms with van der Waals surface area (Å²) in [5.74, 6) is 0.581. The Hall–Kier alpha value is -3.22. The van der Waals surface area contributed by atoms with Crippen LogP contribution in [0.1, 0.15) is 16.2 Å². The van der Waals surface area contributed by atoms with E-state index in [2.05, 4.69) is 20.5 Å². The molecule has 1 aromatic carbocycles. The summed E-state index contributed by atoms with van der Waals surface area (Å²) < 4.78 is 10.5. The summed E-state index contributed by atoms with van der Waals surface area (Å²) in [6.45, 7) is 0.455. The highest BCUT2D eigenvalue weighted by atomic mass is 16.5. The second kappa shape index (κ2) is 7.36. The molecule has 0 atom stereocenters. The van der Waals surface area contributed by atoms with E-state index in [9.17, 15) is 4.79 Å². The van der Waals surface area contributed by atoms with Gasteiger partial charge in [-0.15, -0.1) is 10.2 Å². The molecule has 0 saturated heterocycles. The third kappa shape index (κ3) is 3.75. The lowest BCUT2D eigenvalue weighted by atomic mass is 10.1. The Balaban J connectivity index is 1.56. The van der Waals surface area contributed by atoms with E-state index in [1.807, 2.05) is 24.3 Å². The van der Waals surface area contributed by atoms with E-state index in [0.717, 1.165) is 11.3 Å². The highest BCUT2D eigenvalue weighted by Gasteiger charge is 2.15. The molecule has 0 unspecified atom stereocenters. The average molecular weight is 324 g/mol. The van der Waals surface area contributed by atoms with Crippen LogP contribution in [0.4, 0.5) is 0 Å². The fourth-order valence-electron chi connectivity index (χ4n) is 2.14. The highest BCUT2D eigenvalue weighted by Crippen LogP contribution is 2.16. The lowest BCUT2D eigenvalue weighted by Crippen LogP contribution is -2.26. The van der Waals surface area contributed by atoms with Crippen molar-refractivity contribution in [1.82, 2.24) is 20.5 Å². The van der Waals surface area contributed by atoms with Gasteiger partial charge in [0.25, 0.3) is 0 Å². The largest absolute Gasteiger partial charge is 0.497 e. The molecule has 24 heavy (non-hydrogen) atoms. The molecule has 0 bridgehead atoms. The Morgan fingerprint density at radius 1 is 1.25 bits per heavy atom. The van der Waals surface area contributed by atoms with Gasteiger partial charge in [-0.2, -0.15) is 0 Å². The van der Waals surface area contributed by atoms with Crippen molar-refractivity contribution in [2.24, 2.45) is 0 Å². The van der Waals surface area contributed by atoms with Crippen LogP contribution < -0.4 is 10.1 Å². The number of amides is 1. The molecule has 0 fully saturated rings. The quantitative estimate of drug-likeness (QED) is 0.747. The van der Waals surface area contributed by atoms with E-state index in [0.29, 0.717) is 18.5 Å². The highest BCUT2D eigenvalue weighted by molar-refractivity contribution is 5.89. The number of benzene rings is 1. The van der Waals surface area contributed by atoms with Crippen molar-refractivity contribution in [2.75, 3.05) is 13.7 Å². The maximum atomic E-state index is 12.1. The van der Waals surface area contributed by atoms with Crippen LogP contribution in [0, 0.1) is 0 Å². The maximum absolute atomic E-state index is 12.1. The molecule has 0 aliphatic rings. The second-order valence-corrected chi connectivity index (χ2v) is 5.01. The van der Waals surface area contributed by atoms with Gasteiger partial charge >= 0.3 is 11.8 Å². The van der Waals surface area contributed by atoms with Crippen LogP contribution in [-0.2, 0) is 6.42 Å². The summed E-state index contributed by atoms with van der Waals surface area (Å²) in [7, 11) is 1.62. The molecular formula is C17H16N4O3. The van der Waals surface area contributed by atoms with Gasteiger partial charge in [0.2, 0.25) is 5.89 Å². The topological polar surface area (TPSA) is 90.1 Å². The van der Waals surface area contributed by atoms with Gasteiger partial charge in [0.05, 0.1) is 12.7 Å². The minimum absolute atomic E-state index is 0.0699. The first-order valence-electron chi connectivity index (χ1n) is 7.41. The Kier molecular flexibility index (Phi) is 4.81. The molecule has 2 heterocycles. The number of hydrogen-bond donors (Lipinski definition) is 1. The fraction of sp³-hybridized carbons (Fsp3) is 0.176. The lowest BCUT2D eigenvalue weighted by Gasteiger charge is -2.05. The van der Waals surface area contributed by atoms with Gasteiger partial charge in [0, 0.05) is 18.9 Å². The fourth-order valence-corrected chi connectivity index (χ4v) is 2.14. The molecule has 0 aliphatic carbocycles. The third-order valence-electron chi connectivity index (χ3n) is 3.36. The summed E-state index contributed by atoms with van der Waals surface area (Å²) in [5, 5.41) is 10.4. The van der Waals surface area contributed by atoms with Crippen molar-refractivity contribution in [3.05, 3.63) is 60.2 Å². The second-order valence-electron chi connectivity index (χ2n) is 5.01. The molecule has 0 radical (unpaired) electrons. The Morgan fingerprint density at radius 3 is 2.96 bits per heavy atom. The van der Waals surface area contributed by atoms with Gasteiger partial charge in [0.1, 0.15) is 5.75 Å². The third-order valence-corrected chi connectivity index (χ3v) is 3.36. The van der Waals surface area contributed by atoms with E-state index in [4.69, 9.17) is 9.15 Å². The zero-order valence-electron chi connectivity index (χ0n) is 13.1. The molecule has 3 rings (SSSR count). The Bertz CT molecular complexity index is 817. The predicted molar refractivity (Wildman–Crippen MR) is 86.6 cm³/mol. The molecular weight excluding hydrogens is 308 g/mol. The van der Waals surface area contributed by atoms with E-state index < -0.39 is 5.91 Å². The first-order valence-corrected chi connectivity index (χ1v) is 7.41. The van der Waals surface area contributed by atoms with Gasteiger partial charge in [-0.3, -0.25) is 9.78 Å². The van der Waals surface area contributed by atoms with Crippen molar-refractivity contribution < 1.29 is 13.9 Å². The Labute approximate surface area is 138 Å². The zero-order valence-corrected chi connectivity index (χ0v) is 13.1. The van der Waals surface area contributed by atoms with Crippen molar-refractivity contribution >= 4 is 5.91 Å². The number of aromatic nitrogens is 3. The number of carbonyl (C=O) groups is 1. The molecule has 0 spiro atoms. The van der Waals surface area contributed by atoms with Crippen LogP contribution in [0.25, 0.3) is 11.5 Å². The SMILES string of the molecule is COc1cccc(CCNC(=O)c2nnc(-c3cccnc3)o2)c1. The molecule has 1 N–H and O–H groups in total. The number of hydrogen-bond acceptors (Lipinski definition) is 6. The molecule has 7 nitrogen and oxygen atoms in total. The van der Waals surface area contributed by atoms with Crippen LogP contribution in [0.3, 0.4) is 0 Å². The molecule has 0 aliphatic heterocycles. The molecule has 7 heteroatoms.